The third-order valence-electron chi connectivity index (χ3n) is 2.97. The lowest BCUT2D eigenvalue weighted by molar-refractivity contribution is 0.114. The molecule has 0 aromatic heterocycles. The smallest absolute Gasteiger partial charge is 0.407 e. The van der Waals surface area contributed by atoms with Gasteiger partial charge in [0.15, 0.2) is 0 Å². The maximum atomic E-state index is 11.3. The summed E-state index contributed by atoms with van der Waals surface area (Å²) in [5.41, 5.74) is 1.91. The standard InChI is InChI=1S/C13H17NO4.ClH/c1-8-6-10(16-2)12(11(7-8)17-3)9-4-5-18-13(15)14-9;/h6-7,9H,4-5H2,1-3H3,(H,14,15);1H/t9-;/m1./s1. The van der Waals surface area contributed by atoms with Crippen LogP contribution >= 0.6 is 12.4 Å². The van der Waals surface area contributed by atoms with Crippen LogP contribution in [0.4, 0.5) is 4.79 Å². The molecule has 0 spiro atoms. The number of rotatable bonds is 3. The predicted octanol–water partition coefficient (Wildman–Crippen LogP) is 2.61. The maximum Gasteiger partial charge on any atom is 0.407 e. The molecule has 5 nitrogen and oxygen atoms in total. The zero-order valence-corrected chi connectivity index (χ0v) is 12.0. The van der Waals surface area contributed by atoms with E-state index in [1.807, 2.05) is 19.1 Å². The lowest BCUT2D eigenvalue weighted by atomic mass is 9.99. The first-order valence-corrected chi connectivity index (χ1v) is 5.81. The zero-order valence-electron chi connectivity index (χ0n) is 11.2. The average Bonchev–Trinajstić information content (AvgIpc) is 2.37. The molecular formula is C13H18ClNO4. The fraction of sp³-hybridized carbons (Fsp3) is 0.462. The molecule has 2 rings (SSSR count). The quantitative estimate of drug-likeness (QED) is 0.928. The van der Waals surface area contributed by atoms with Gasteiger partial charge >= 0.3 is 6.09 Å². The van der Waals surface area contributed by atoms with Crippen LogP contribution in [0.3, 0.4) is 0 Å². The molecule has 1 aliphatic heterocycles. The number of methoxy groups -OCH3 is 2. The summed E-state index contributed by atoms with van der Waals surface area (Å²) >= 11 is 0. The van der Waals surface area contributed by atoms with Crippen molar-refractivity contribution in [3.63, 3.8) is 0 Å². The third kappa shape index (κ3) is 3.23. The average molecular weight is 288 g/mol. The summed E-state index contributed by atoms with van der Waals surface area (Å²) in [6.07, 6.45) is 0.289. The van der Waals surface area contributed by atoms with Crippen LogP contribution in [0.2, 0.25) is 0 Å². The molecule has 1 aromatic rings. The monoisotopic (exact) mass is 287 g/mol. The second-order valence-corrected chi connectivity index (χ2v) is 4.20. The van der Waals surface area contributed by atoms with E-state index in [1.54, 1.807) is 14.2 Å². The molecule has 1 saturated heterocycles. The Morgan fingerprint density at radius 1 is 1.26 bits per heavy atom. The summed E-state index contributed by atoms with van der Waals surface area (Å²) < 4.78 is 15.6. The van der Waals surface area contributed by atoms with Crippen molar-refractivity contribution in [2.75, 3.05) is 20.8 Å². The molecule has 1 heterocycles. The number of ether oxygens (including phenoxy) is 3. The van der Waals surface area contributed by atoms with Gasteiger partial charge in [0.2, 0.25) is 0 Å². The number of hydrogen-bond acceptors (Lipinski definition) is 4. The highest BCUT2D eigenvalue weighted by atomic mass is 35.5. The molecule has 1 N–H and O–H groups in total. The Hall–Kier alpha value is -1.62. The number of nitrogens with one attached hydrogen (secondary N) is 1. The van der Waals surface area contributed by atoms with Crippen molar-refractivity contribution in [1.82, 2.24) is 5.32 Å². The lowest BCUT2D eigenvalue weighted by Crippen LogP contribution is -2.35. The number of cyclic esters (lactones) is 1. The van der Waals surface area contributed by atoms with Crippen LogP contribution < -0.4 is 14.8 Å². The van der Waals surface area contributed by atoms with E-state index in [0.29, 0.717) is 13.0 Å². The van der Waals surface area contributed by atoms with Gasteiger partial charge in [-0.05, 0) is 24.6 Å². The highest BCUT2D eigenvalue weighted by molar-refractivity contribution is 5.85. The van der Waals surface area contributed by atoms with E-state index in [4.69, 9.17) is 14.2 Å². The molecular weight excluding hydrogens is 270 g/mol. The second kappa shape index (κ2) is 6.52. The van der Waals surface area contributed by atoms with Crippen LogP contribution in [0, 0.1) is 6.92 Å². The van der Waals surface area contributed by atoms with Gasteiger partial charge in [0.25, 0.3) is 0 Å². The molecule has 1 aromatic carbocycles. The number of amides is 1. The van der Waals surface area contributed by atoms with E-state index in [1.165, 1.54) is 0 Å². The Labute approximate surface area is 118 Å². The fourth-order valence-corrected chi connectivity index (χ4v) is 2.16. The van der Waals surface area contributed by atoms with E-state index in [9.17, 15) is 4.79 Å². The minimum absolute atomic E-state index is 0. The Bertz CT molecular complexity index is 439. The Kier molecular flexibility index (Phi) is 5.30. The summed E-state index contributed by atoms with van der Waals surface area (Å²) in [4.78, 5) is 11.3. The first-order valence-electron chi connectivity index (χ1n) is 5.81. The number of aryl methyl sites for hydroxylation is 1. The molecule has 1 fully saturated rings. The SMILES string of the molecule is COc1cc(C)cc(OC)c1[C@H]1CCOC(=O)N1.Cl. The topological polar surface area (TPSA) is 56.8 Å². The summed E-state index contributed by atoms with van der Waals surface area (Å²) in [5, 5.41) is 2.78. The summed E-state index contributed by atoms with van der Waals surface area (Å²) in [5.74, 6) is 1.44. The van der Waals surface area contributed by atoms with E-state index in [0.717, 1.165) is 22.6 Å². The second-order valence-electron chi connectivity index (χ2n) is 4.20. The van der Waals surface area contributed by atoms with Gasteiger partial charge in [-0.15, -0.1) is 12.4 Å². The van der Waals surface area contributed by atoms with Crippen LogP contribution in [0.25, 0.3) is 0 Å². The highest BCUT2D eigenvalue weighted by Crippen LogP contribution is 2.37. The Morgan fingerprint density at radius 2 is 1.84 bits per heavy atom. The largest absolute Gasteiger partial charge is 0.496 e. The van der Waals surface area contributed by atoms with E-state index < -0.39 is 6.09 Å². The number of halogens is 1. The summed E-state index contributed by atoms with van der Waals surface area (Å²) in [7, 11) is 3.22. The minimum Gasteiger partial charge on any atom is -0.496 e. The van der Waals surface area contributed by atoms with Crippen molar-refractivity contribution in [2.24, 2.45) is 0 Å². The minimum atomic E-state index is -0.407. The van der Waals surface area contributed by atoms with E-state index >= 15 is 0 Å². The first-order chi connectivity index (χ1) is 8.65. The predicted molar refractivity (Wildman–Crippen MR) is 73.4 cm³/mol. The van der Waals surface area contributed by atoms with Crippen molar-refractivity contribution in [1.29, 1.82) is 0 Å². The zero-order chi connectivity index (χ0) is 13.1. The van der Waals surface area contributed by atoms with Crippen molar-refractivity contribution in [3.05, 3.63) is 23.3 Å². The molecule has 0 saturated carbocycles. The van der Waals surface area contributed by atoms with Crippen molar-refractivity contribution in [2.45, 2.75) is 19.4 Å². The third-order valence-corrected chi connectivity index (χ3v) is 2.97. The molecule has 0 radical (unpaired) electrons. The molecule has 1 amide bonds. The molecule has 0 bridgehead atoms. The van der Waals surface area contributed by atoms with Gasteiger partial charge in [-0.25, -0.2) is 4.79 Å². The number of hydrogen-bond donors (Lipinski definition) is 1. The van der Waals surface area contributed by atoms with Crippen LogP contribution in [-0.2, 0) is 4.74 Å². The Balaban J connectivity index is 0.00000180. The maximum absolute atomic E-state index is 11.3. The van der Waals surface area contributed by atoms with Gasteiger partial charge in [0.05, 0.1) is 32.4 Å². The lowest BCUT2D eigenvalue weighted by Gasteiger charge is -2.26. The van der Waals surface area contributed by atoms with Crippen molar-refractivity contribution < 1.29 is 19.0 Å². The number of carbonyl (C=O) groups excluding carboxylic acids is 1. The van der Waals surface area contributed by atoms with Crippen LogP contribution in [-0.4, -0.2) is 26.9 Å². The summed E-state index contributed by atoms with van der Waals surface area (Å²) in [6, 6.07) is 3.72. The number of carbonyl (C=O) groups is 1. The number of alkyl carbamates (subject to hydrolysis) is 1. The van der Waals surface area contributed by atoms with Gasteiger partial charge in [-0.1, -0.05) is 0 Å². The molecule has 106 valence electrons. The molecule has 1 aliphatic rings. The summed E-state index contributed by atoms with van der Waals surface area (Å²) in [6.45, 7) is 2.37. The Morgan fingerprint density at radius 3 is 2.32 bits per heavy atom. The van der Waals surface area contributed by atoms with Gasteiger partial charge in [-0.3, -0.25) is 0 Å². The van der Waals surface area contributed by atoms with E-state index in [-0.39, 0.29) is 18.4 Å². The van der Waals surface area contributed by atoms with Crippen LogP contribution in [0.5, 0.6) is 11.5 Å². The van der Waals surface area contributed by atoms with Crippen LogP contribution in [0.1, 0.15) is 23.6 Å². The molecule has 1 atom stereocenters. The van der Waals surface area contributed by atoms with E-state index in [2.05, 4.69) is 5.32 Å². The van der Waals surface area contributed by atoms with Crippen LogP contribution in [0.15, 0.2) is 12.1 Å². The fourth-order valence-electron chi connectivity index (χ4n) is 2.16. The van der Waals surface area contributed by atoms with Gasteiger partial charge in [0, 0.05) is 6.42 Å². The molecule has 0 aliphatic carbocycles. The first kappa shape index (κ1) is 15.4. The normalized spacial score (nSPS) is 17.8. The van der Waals surface area contributed by atoms with Gasteiger partial charge in [-0.2, -0.15) is 0 Å². The highest BCUT2D eigenvalue weighted by Gasteiger charge is 2.27. The molecule has 6 heteroatoms. The molecule has 19 heavy (non-hydrogen) atoms. The molecule has 0 unspecified atom stereocenters. The number of benzene rings is 1. The van der Waals surface area contributed by atoms with Crippen molar-refractivity contribution in [3.8, 4) is 11.5 Å². The van der Waals surface area contributed by atoms with Gasteiger partial charge < -0.3 is 19.5 Å². The van der Waals surface area contributed by atoms with Gasteiger partial charge in [0.1, 0.15) is 11.5 Å². The van der Waals surface area contributed by atoms with Crippen molar-refractivity contribution >= 4 is 18.5 Å².